The molecule has 1 aliphatic heterocycles. The molecule has 1 amide bonds. The molecular formula is C24H26N4O2. The SMILES string of the molecule is O=C(CC1CCCC1)N1C[C@@H](c2cccnc2)[C@H](c2nc(-c3ccccc3)no2)C1. The second-order valence-corrected chi connectivity index (χ2v) is 8.47. The molecule has 2 aliphatic rings. The fourth-order valence-electron chi connectivity index (χ4n) is 4.87. The highest BCUT2D eigenvalue weighted by Crippen LogP contribution is 2.40. The van der Waals surface area contributed by atoms with Crippen molar-refractivity contribution in [3.63, 3.8) is 0 Å². The highest BCUT2D eigenvalue weighted by molar-refractivity contribution is 5.77. The third kappa shape index (κ3) is 3.86. The van der Waals surface area contributed by atoms with E-state index in [0.717, 1.165) is 11.1 Å². The van der Waals surface area contributed by atoms with Gasteiger partial charge < -0.3 is 9.42 Å². The Morgan fingerprint density at radius 3 is 2.60 bits per heavy atom. The van der Waals surface area contributed by atoms with Crippen molar-refractivity contribution in [2.75, 3.05) is 13.1 Å². The molecule has 1 aliphatic carbocycles. The third-order valence-electron chi connectivity index (χ3n) is 6.51. The van der Waals surface area contributed by atoms with Gasteiger partial charge in [-0.2, -0.15) is 4.98 Å². The second-order valence-electron chi connectivity index (χ2n) is 8.47. The summed E-state index contributed by atoms with van der Waals surface area (Å²) in [6, 6.07) is 13.8. The van der Waals surface area contributed by atoms with E-state index in [9.17, 15) is 4.79 Å². The molecule has 2 aromatic heterocycles. The zero-order chi connectivity index (χ0) is 20.3. The number of nitrogens with zero attached hydrogens (tertiary/aromatic N) is 4. The molecule has 0 unspecified atom stereocenters. The van der Waals surface area contributed by atoms with Crippen molar-refractivity contribution in [1.82, 2.24) is 20.0 Å². The molecular weight excluding hydrogens is 376 g/mol. The van der Waals surface area contributed by atoms with Crippen LogP contribution in [0.4, 0.5) is 0 Å². The van der Waals surface area contributed by atoms with E-state index < -0.39 is 0 Å². The summed E-state index contributed by atoms with van der Waals surface area (Å²) >= 11 is 0. The standard InChI is InChI=1S/C24H26N4O2/c29-22(13-17-7-4-5-8-17)28-15-20(19-11-6-12-25-14-19)21(16-28)24-26-23(27-30-24)18-9-2-1-3-10-18/h1-3,6,9-12,14,17,20-21H,4-5,7-8,13,15-16H2/t20-,21+/m0/s1. The Labute approximate surface area is 176 Å². The highest BCUT2D eigenvalue weighted by Gasteiger charge is 2.40. The summed E-state index contributed by atoms with van der Waals surface area (Å²) in [5, 5.41) is 4.21. The molecule has 1 saturated heterocycles. The van der Waals surface area contributed by atoms with Crippen molar-refractivity contribution in [3.05, 3.63) is 66.3 Å². The Hall–Kier alpha value is -3.02. The largest absolute Gasteiger partial charge is 0.341 e. The van der Waals surface area contributed by atoms with E-state index in [1.54, 1.807) is 6.20 Å². The van der Waals surface area contributed by atoms with Crippen molar-refractivity contribution in [1.29, 1.82) is 0 Å². The van der Waals surface area contributed by atoms with Gasteiger partial charge in [-0.05, 0) is 30.4 Å². The van der Waals surface area contributed by atoms with Gasteiger partial charge in [-0.1, -0.05) is 54.4 Å². The van der Waals surface area contributed by atoms with Gasteiger partial charge in [-0.3, -0.25) is 9.78 Å². The van der Waals surface area contributed by atoms with Crippen molar-refractivity contribution in [2.45, 2.75) is 43.9 Å². The molecule has 3 aromatic rings. The van der Waals surface area contributed by atoms with E-state index >= 15 is 0 Å². The van der Waals surface area contributed by atoms with Crippen LogP contribution in [-0.4, -0.2) is 39.0 Å². The number of aromatic nitrogens is 3. The normalized spacial score (nSPS) is 21.9. The molecule has 0 radical (unpaired) electrons. The molecule has 6 heteroatoms. The fourth-order valence-corrected chi connectivity index (χ4v) is 4.87. The fraction of sp³-hybridized carbons (Fsp3) is 0.417. The zero-order valence-electron chi connectivity index (χ0n) is 17.0. The lowest BCUT2D eigenvalue weighted by Gasteiger charge is -2.18. The average molecular weight is 402 g/mol. The lowest BCUT2D eigenvalue weighted by molar-refractivity contribution is -0.131. The molecule has 0 bridgehead atoms. The molecule has 5 rings (SSSR count). The minimum absolute atomic E-state index is 0.0216. The van der Waals surface area contributed by atoms with Crippen LogP contribution in [0.25, 0.3) is 11.4 Å². The van der Waals surface area contributed by atoms with Crippen molar-refractivity contribution in [3.8, 4) is 11.4 Å². The first-order valence-corrected chi connectivity index (χ1v) is 10.8. The minimum Gasteiger partial charge on any atom is -0.341 e. The summed E-state index contributed by atoms with van der Waals surface area (Å²) in [5.74, 6) is 2.06. The van der Waals surface area contributed by atoms with Gasteiger partial charge in [0.15, 0.2) is 0 Å². The predicted octanol–water partition coefficient (Wildman–Crippen LogP) is 4.42. The molecule has 154 valence electrons. The van der Waals surface area contributed by atoms with Gasteiger partial charge in [-0.15, -0.1) is 0 Å². The molecule has 6 nitrogen and oxygen atoms in total. The van der Waals surface area contributed by atoms with E-state index in [1.807, 2.05) is 47.5 Å². The number of carbonyl (C=O) groups excluding carboxylic acids is 1. The average Bonchev–Trinajstić information content (AvgIpc) is 3.55. The van der Waals surface area contributed by atoms with Gasteiger partial charge in [0, 0.05) is 43.4 Å². The van der Waals surface area contributed by atoms with Crippen LogP contribution < -0.4 is 0 Å². The predicted molar refractivity (Wildman–Crippen MR) is 113 cm³/mol. The van der Waals surface area contributed by atoms with Crippen LogP contribution in [0.5, 0.6) is 0 Å². The topological polar surface area (TPSA) is 72.1 Å². The number of rotatable bonds is 5. The maximum atomic E-state index is 13.0. The summed E-state index contributed by atoms with van der Waals surface area (Å²) in [5.41, 5.74) is 2.04. The van der Waals surface area contributed by atoms with Crippen LogP contribution in [0.15, 0.2) is 59.4 Å². The van der Waals surface area contributed by atoms with Gasteiger partial charge in [0.05, 0.1) is 5.92 Å². The monoisotopic (exact) mass is 402 g/mol. The van der Waals surface area contributed by atoms with E-state index in [4.69, 9.17) is 9.51 Å². The Kier molecular flexibility index (Phi) is 5.30. The Balaban J connectivity index is 1.40. The number of carbonyl (C=O) groups is 1. The van der Waals surface area contributed by atoms with Gasteiger partial charge in [-0.25, -0.2) is 0 Å². The zero-order valence-corrected chi connectivity index (χ0v) is 17.0. The van der Waals surface area contributed by atoms with Gasteiger partial charge in [0.1, 0.15) is 0 Å². The summed E-state index contributed by atoms with van der Waals surface area (Å²) < 4.78 is 5.70. The smallest absolute Gasteiger partial charge is 0.232 e. The number of benzene rings is 1. The molecule has 1 aromatic carbocycles. The van der Waals surface area contributed by atoms with Crippen LogP contribution in [0.1, 0.15) is 55.4 Å². The van der Waals surface area contributed by atoms with Crippen LogP contribution in [0.3, 0.4) is 0 Å². The molecule has 1 saturated carbocycles. The van der Waals surface area contributed by atoms with Gasteiger partial charge in [0.2, 0.25) is 17.6 Å². The quantitative estimate of drug-likeness (QED) is 0.632. The summed E-state index contributed by atoms with van der Waals surface area (Å²) in [6.07, 6.45) is 9.18. The first kappa shape index (κ1) is 19.0. The summed E-state index contributed by atoms with van der Waals surface area (Å²) in [7, 11) is 0. The lowest BCUT2D eigenvalue weighted by Crippen LogP contribution is -2.30. The van der Waals surface area contributed by atoms with E-state index in [-0.39, 0.29) is 17.7 Å². The molecule has 0 spiro atoms. The maximum Gasteiger partial charge on any atom is 0.232 e. The summed E-state index contributed by atoms with van der Waals surface area (Å²) in [6.45, 7) is 1.28. The molecule has 2 atom stereocenters. The minimum atomic E-state index is -0.0216. The second kappa shape index (κ2) is 8.38. The van der Waals surface area contributed by atoms with Crippen molar-refractivity contribution >= 4 is 5.91 Å². The summed E-state index contributed by atoms with van der Waals surface area (Å²) in [4.78, 5) is 24.0. The molecule has 2 fully saturated rings. The van der Waals surface area contributed by atoms with Crippen molar-refractivity contribution in [2.24, 2.45) is 5.92 Å². The number of likely N-dealkylation sites (tertiary alicyclic amines) is 1. The first-order chi connectivity index (χ1) is 14.8. The maximum absolute atomic E-state index is 13.0. The molecule has 0 N–H and O–H groups in total. The van der Waals surface area contributed by atoms with E-state index in [1.165, 1.54) is 25.7 Å². The Morgan fingerprint density at radius 1 is 1.03 bits per heavy atom. The van der Waals surface area contributed by atoms with Crippen LogP contribution >= 0.6 is 0 Å². The Morgan fingerprint density at radius 2 is 1.83 bits per heavy atom. The number of hydrogen-bond donors (Lipinski definition) is 0. The van der Waals surface area contributed by atoms with Gasteiger partial charge in [0.25, 0.3) is 0 Å². The Bertz CT molecular complexity index is 983. The van der Waals surface area contributed by atoms with E-state index in [2.05, 4.69) is 16.2 Å². The van der Waals surface area contributed by atoms with Crippen molar-refractivity contribution < 1.29 is 9.32 Å². The lowest BCUT2D eigenvalue weighted by atomic mass is 9.90. The molecule has 3 heterocycles. The number of pyridine rings is 1. The number of amides is 1. The van der Waals surface area contributed by atoms with E-state index in [0.29, 0.717) is 37.1 Å². The van der Waals surface area contributed by atoms with Gasteiger partial charge >= 0.3 is 0 Å². The highest BCUT2D eigenvalue weighted by atomic mass is 16.5. The first-order valence-electron chi connectivity index (χ1n) is 10.8. The van der Waals surface area contributed by atoms with Crippen LogP contribution in [0, 0.1) is 5.92 Å². The van der Waals surface area contributed by atoms with Crippen LogP contribution in [-0.2, 0) is 4.79 Å². The third-order valence-corrected chi connectivity index (χ3v) is 6.51. The molecule has 30 heavy (non-hydrogen) atoms. The van der Waals surface area contributed by atoms with Crippen LogP contribution in [0.2, 0.25) is 0 Å². The number of hydrogen-bond acceptors (Lipinski definition) is 5.